The molecule has 0 saturated heterocycles. The number of carbonyl (C=O) groups excluding carboxylic acids is 1. The number of nitrogens with zero attached hydrogens (tertiary/aromatic N) is 6. The third-order valence-electron chi connectivity index (χ3n) is 6.09. The largest absolute Gasteiger partial charge is 0.434 e. The van der Waals surface area contributed by atoms with Crippen LogP contribution in [0.15, 0.2) is 30.5 Å². The molecule has 4 heterocycles. The van der Waals surface area contributed by atoms with Crippen molar-refractivity contribution < 1.29 is 18.0 Å². The zero-order valence-electron chi connectivity index (χ0n) is 18.6. The van der Waals surface area contributed by atoms with E-state index in [1.165, 1.54) is 4.40 Å². The molecule has 5 rings (SSSR count). The number of halogens is 3. The number of hydrogen-bond acceptors (Lipinski definition) is 6. The van der Waals surface area contributed by atoms with E-state index in [1.807, 2.05) is 19.9 Å². The maximum Gasteiger partial charge on any atom is 0.434 e. The smallest absolute Gasteiger partial charge is 0.368 e. The fraction of sp³-hybridized carbons (Fsp3) is 0.409. The lowest BCUT2D eigenvalue weighted by Gasteiger charge is -2.30. The summed E-state index contributed by atoms with van der Waals surface area (Å²) in [6.45, 7) is 3.73. The molecule has 1 aliphatic carbocycles. The van der Waals surface area contributed by atoms with Gasteiger partial charge in [-0.05, 0) is 57.7 Å². The number of hydrogen-bond donors (Lipinski definition) is 2. The second-order valence-electron chi connectivity index (χ2n) is 8.64. The molecule has 0 radical (unpaired) electrons. The summed E-state index contributed by atoms with van der Waals surface area (Å²) >= 11 is 0. The minimum Gasteiger partial charge on any atom is -0.368 e. The second kappa shape index (κ2) is 8.26. The van der Waals surface area contributed by atoms with Gasteiger partial charge in [0.05, 0.1) is 0 Å². The first-order valence-corrected chi connectivity index (χ1v) is 11.0. The van der Waals surface area contributed by atoms with Gasteiger partial charge in [-0.2, -0.15) is 17.7 Å². The van der Waals surface area contributed by atoms with Crippen molar-refractivity contribution in [2.45, 2.75) is 57.8 Å². The van der Waals surface area contributed by atoms with Crippen molar-refractivity contribution in [3.8, 4) is 0 Å². The van der Waals surface area contributed by atoms with Crippen LogP contribution in [0, 0.1) is 13.8 Å². The van der Waals surface area contributed by atoms with Crippen molar-refractivity contribution in [3.05, 3.63) is 53.2 Å². The maximum absolute atomic E-state index is 13.0. The maximum atomic E-state index is 13.0. The van der Waals surface area contributed by atoms with Gasteiger partial charge in [0.1, 0.15) is 11.5 Å². The number of carbonyl (C=O) groups is 1. The monoisotopic (exact) mass is 472 g/mol. The Kier molecular flexibility index (Phi) is 5.37. The van der Waals surface area contributed by atoms with E-state index in [0.29, 0.717) is 11.5 Å². The first-order valence-electron chi connectivity index (χ1n) is 11.0. The van der Waals surface area contributed by atoms with E-state index in [1.54, 1.807) is 22.7 Å². The van der Waals surface area contributed by atoms with Crippen LogP contribution in [0.1, 0.15) is 53.3 Å². The van der Waals surface area contributed by atoms with Crippen molar-refractivity contribution >= 4 is 23.0 Å². The summed E-state index contributed by atoms with van der Waals surface area (Å²) in [5.41, 5.74) is 1.56. The Hall–Kier alpha value is -3.70. The average Bonchev–Trinajstić information content (AvgIpc) is 3.40. The molecule has 0 atom stereocenters. The van der Waals surface area contributed by atoms with Crippen LogP contribution in [0.5, 0.6) is 0 Å². The quantitative estimate of drug-likeness (QED) is 0.471. The van der Waals surface area contributed by atoms with Gasteiger partial charge in [0.15, 0.2) is 17.0 Å². The van der Waals surface area contributed by atoms with Gasteiger partial charge in [-0.15, -0.1) is 5.10 Å². The molecule has 1 aliphatic rings. The van der Waals surface area contributed by atoms with E-state index in [2.05, 4.69) is 30.9 Å². The lowest BCUT2D eigenvalue weighted by molar-refractivity contribution is -0.140. The Balaban J connectivity index is 1.23. The summed E-state index contributed by atoms with van der Waals surface area (Å²) in [4.78, 5) is 20.9. The highest BCUT2D eigenvalue weighted by molar-refractivity contribution is 5.97. The standard InChI is InChI=1S/C22H23F3N8O/c1-12-10-13(2)33-20(26-12)19(30-31-33)21(34)28-15-8-6-14(7-9-15)27-17-4-3-5-18-29-16(11-32(17)18)22(23,24)25/h3-5,10-11,14-15,27H,6-9H2,1-2H3,(H,28,34)/t14-,15+. The molecule has 2 N–H and O–H groups in total. The van der Waals surface area contributed by atoms with E-state index in [4.69, 9.17) is 0 Å². The molecule has 0 spiro atoms. The lowest BCUT2D eigenvalue weighted by atomic mass is 9.91. The van der Waals surface area contributed by atoms with E-state index in [9.17, 15) is 18.0 Å². The molecule has 178 valence electrons. The van der Waals surface area contributed by atoms with Crippen LogP contribution >= 0.6 is 0 Å². The highest BCUT2D eigenvalue weighted by atomic mass is 19.4. The Morgan fingerprint density at radius 3 is 2.56 bits per heavy atom. The van der Waals surface area contributed by atoms with Crippen molar-refractivity contribution in [2.75, 3.05) is 5.32 Å². The van der Waals surface area contributed by atoms with Gasteiger partial charge < -0.3 is 10.6 Å². The number of nitrogens with one attached hydrogen (secondary N) is 2. The zero-order valence-corrected chi connectivity index (χ0v) is 18.6. The molecular formula is C22H23F3N8O. The second-order valence-corrected chi connectivity index (χ2v) is 8.64. The van der Waals surface area contributed by atoms with Crippen LogP contribution < -0.4 is 10.6 Å². The number of fused-ring (bicyclic) bond motifs is 2. The van der Waals surface area contributed by atoms with Gasteiger partial charge in [-0.25, -0.2) is 9.97 Å². The highest BCUT2D eigenvalue weighted by Crippen LogP contribution is 2.30. The average molecular weight is 472 g/mol. The minimum absolute atomic E-state index is 0.0333. The van der Waals surface area contributed by atoms with Crippen LogP contribution in [0.4, 0.5) is 19.0 Å². The fourth-order valence-corrected chi connectivity index (χ4v) is 4.43. The molecular weight excluding hydrogens is 449 g/mol. The van der Waals surface area contributed by atoms with Gasteiger partial charge in [-0.1, -0.05) is 11.3 Å². The Bertz CT molecular complexity index is 1370. The van der Waals surface area contributed by atoms with Gasteiger partial charge in [0, 0.05) is 29.7 Å². The van der Waals surface area contributed by atoms with E-state index < -0.39 is 11.9 Å². The predicted octanol–water partition coefficient (Wildman–Crippen LogP) is 3.56. The third-order valence-corrected chi connectivity index (χ3v) is 6.09. The number of aryl methyl sites for hydroxylation is 2. The number of anilines is 1. The summed E-state index contributed by atoms with van der Waals surface area (Å²) in [6.07, 6.45) is -0.544. The van der Waals surface area contributed by atoms with Crippen LogP contribution in [-0.4, -0.2) is 47.2 Å². The summed E-state index contributed by atoms with van der Waals surface area (Å²) in [5.74, 6) is 0.243. The zero-order chi connectivity index (χ0) is 24.0. The minimum atomic E-state index is -4.50. The Morgan fingerprint density at radius 1 is 1.09 bits per heavy atom. The van der Waals surface area contributed by atoms with Crippen LogP contribution in [0.2, 0.25) is 0 Å². The van der Waals surface area contributed by atoms with Crippen LogP contribution in [0.25, 0.3) is 11.3 Å². The number of rotatable bonds is 4. The third kappa shape index (κ3) is 4.15. The van der Waals surface area contributed by atoms with Gasteiger partial charge >= 0.3 is 6.18 Å². The van der Waals surface area contributed by atoms with Crippen molar-refractivity contribution in [3.63, 3.8) is 0 Å². The van der Waals surface area contributed by atoms with Gasteiger partial charge in [0.2, 0.25) is 0 Å². The summed E-state index contributed by atoms with van der Waals surface area (Å²) in [5, 5.41) is 14.4. The molecule has 1 saturated carbocycles. The number of aromatic nitrogens is 6. The molecule has 9 nitrogen and oxygen atoms in total. The Labute approximate surface area is 192 Å². The van der Waals surface area contributed by atoms with E-state index in [-0.39, 0.29) is 29.3 Å². The molecule has 0 aromatic carbocycles. The first-order chi connectivity index (χ1) is 16.2. The number of imidazole rings is 1. The van der Waals surface area contributed by atoms with Gasteiger partial charge in [-0.3, -0.25) is 9.20 Å². The van der Waals surface area contributed by atoms with E-state index >= 15 is 0 Å². The predicted molar refractivity (Wildman–Crippen MR) is 118 cm³/mol. The normalized spacial score (nSPS) is 19.0. The van der Waals surface area contributed by atoms with Crippen LogP contribution in [0.3, 0.4) is 0 Å². The fourth-order valence-electron chi connectivity index (χ4n) is 4.43. The Morgan fingerprint density at radius 2 is 1.82 bits per heavy atom. The molecule has 12 heteroatoms. The van der Waals surface area contributed by atoms with E-state index in [0.717, 1.165) is 43.3 Å². The molecule has 0 bridgehead atoms. The SMILES string of the molecule is Cc1cc(C)n2nnc(C(=O)N[C@H]3CC[C@@H](Nc4cccc5nc(C(F)(F)F)cn45)CC3)c2n1. The van der Waals surface area contributed by atoms with Crippen molar-refractivity contribution in [1.82, 2.24) is 34.5 Å². The topological polar surface area (TPSA) is 102 Å². The summed E-state index contributed by atoms with van der Waals surface area (Å²) in [6, 6.07) is 6.85. The molecule has 0 unspecified atom stereocenters. The molecule has 1 fully saturated rings. The summed E-state index contributed by atoms with van der Waals surface area (Å²) in [7, 11) is 0. The highest BCUT2D eigenvalue weighted by Gasteiger charge is 2.34. The van der Waals surface area contributed by atoms with Gasteiger partial charge in [0.25, 0.3) is 5.91 Å². The molecule has 0 aliphatic heterocycles. The van der Waals surface area contributed by atoms with Crippen molar-refractivity contribution in [2.24, 2.45) is 0 Å². The molecule has 4 aromatic heterocycles. The van der Waals surface area contributed by atoms with Crippen molar-refractivity contribution in [1.29, 1.82) is 0 Å². The molecule has 34 heavy (non-hydrogen) atoms. The number of alkyl halides is 3. The lowest BCUT2D eigenvalue weighted by Crippen LogP contribution is -2.40. The molecule has 1 amide bonds. The molecule has 4 aromatic rings. The summed E-state index contributed by atoms with van der Waals surface area (Å²) < 4.78 is 42.1. The number of amides is 1. The number of pyridine rings is 1. The van der Waals surface area contributed by atoms with Crippen LogP contribution in [-0.2, 0) is 6.18 Å². The first kappa shape index (κ1) is 22.1.